The molecule has 1 unspecified atom stereocenters. The molecular weight excluding hydrogens is 259 g/mol. The van der Waals surface area contributed by atoms with Crippen LogP contribution in [0.2, 0.25) is 0 Å². The van der Waals surface area contributed by atoms with Crippen molar-refractivity contribution in [3.8, 4) is 0 Å². The highest BCUT2D eigenvalue weighted by molar-refractivity contribution is 4.58. The van der Waals surface area contributed by atoms with Crippen molar-refractivity contribution in [1.82, 2.24) is 0 Å². The summed E-state index contributed by atoms with van der Waals surface area (Å²) in [6, 6.07) is 0. The summed E-state index contributed by atoms with van der Waals surface area (Å²) in [5, 5.41) is 0. The zero-order valence-corrected chi connectivity index (χ0v) is 15.0. The van der Waals surface area contributed by atoms with Crippen LogP contribution in [0.15, 0.2) is 0 Å². The summed E-state index contributed by atoms with van der Waals surface area (Å²) in [5.74, 6) is 0. The molecule has 0 radical (unpaired) electrons. The Morgan fingerprint density at radius 1 is 0.476 bits per heavy atom. The fraction of sp³-hybridized carbons (Fsp3) is 1.00. The van der Waals surface area contributed by atoms with Crippen LogP contribution in [0.3, 0.4) is 0 Å². The predicted octanol–water partition coefficient (Wildman–Crippen LogP) is 8.00. The van der Waals surface area contributed by atoms with Crippen molar-refractivity contribution in [1.29, 1.82) is 0 Å². The molecule has 0 aromatic heterocycles. The monoisotopic (exact) mass is 300 g/mol. The first kappa shape index (κ1) is 20.9. The van der Waals surface area contributed by atoms with Crippen LogP contribution >= 0.6 is 0 Å². The van der Waals surface area contributed by atoms with Gasteiger partial charge in [-0.3, -0.25) is 0 Å². The third-order valence-electron chi connectivity index (χ3n) is 4.49. The molecule has 0 aliphatic rings. The van der Waals surface area contributed by atoms with E-state index >= 15 is 0 Å². The third-order valence-corrected chi connectivity index (χ3v) is 4.49. The molecular formula is C20H41F. The van der Waals surface area contributed by atoms with Crippen molar-refractivity contribution in [3.63, 3.8) is 0 Å². The standard InChI is InChI=1S/C20H41F/c1-3-5-7-9-11-13-15-17-19-20(21)18-16-14-12-10-8-6-4-2/h20H,3-19H2,1-2H3. The van der Waals surface area contributed by atoms with Crippen LogP contribution in [0, 0.1) is 0 Å². The second-order valence-electron chi connectivity index (χ2n) is 6.77. The van der Waals surface area contributed by atoms with Crippen LogP contribution in [0.5, 0.6) is 0 Å². The van der Waals surface area contributed by atoms with Gasteiger partial charge in [-0.15, -0.1) is 0 Å². The highest BCUT2D eigenvalue weighted by atomic mass is 19.1. The molecule has 0 saturated carbocycles. The molecule has 0 aliphatic carbocycles. The average molecular weight is 301 g/mol. The summed E-state index contributed by atoms with van der Waals surface area (Å²) >= 11 is 0. The minimum absolute atomic E-state index is 0.527. The summed E-state index contributed by atoms with van der Waals surface area (Å²) in [6.45, 7) is 4.51. The van der Waals surface area contributed by atoms with Crippen LogP contribution in [0.1, 0.15) is 123 Å². The van der Waals surface area contributed by atoms with E-state index in [4.69, 9.17) is 0 Å². The molecule has 21 heavy (non-hydrogen) atoms. The quantitative estimate of drug-likeness (QED) is 0.239. The Labute approximate surface area is 134 Å². The highest BCUT2D eigenvalue weighted by Gasteiger charge is 2.05. The molecule has 0 aromatic carbocycles. The zero-order valence-electron chi connectivity index (χ0n) is 15.0. The normalized spacial score (nSPS) is 12.7. The molecule has 0 amide bonds. The Hall–Kier alpha value is -0.0700. The molecule has 0 rings (SSSR count). The fourth-order valence-corrected chi connectivity index (χ4v) is 2.97. The number of alkyl halides is 1. The lowest BCUT2D eigenvalue weighted by atomic mass is 10.0. The lowest BCUT2D eigenvalue weighted by Gasteiger charge is -2.08. The van der Waals surface area contributed by atoms with E-state index < -0.39 is 6.17 Å². The minimum atomic E-state index is -0.527. The molecule has 0 heterocycles. The van der Waals surface area contributed by atoms with Crippen molar-refractivity contribution in [2.24, 2.45) is 0 Å². The van der Waals surface area contributed by atoms with Crippen molar-refractivity contribution in [3.05, 3.63) is 0 Å². The molecule has 0 fully saturated rings. The maximum atomic E-state index is 13.7. The summed E-state index contributed by atoms with van der Waals surface area (Å²) in [4.78, 5) is 0. The second-order valence-corrected chi connectivity index (χ2v) is 6.77. The van der Waals surface area contributed by atoms with E-state index in [2.05, 4.69) is 13.8 Å². The van der Waals surface area contributed by atoms with Crippen LogP contribution in [-0.2, 0) is 0 Å². The maximum Gasteiger partial charge on any atom is 0.100 e. The summed E-state index contributed by atoms with van der Waals surface area (Å²) in [6.07, 6.45) is 20.6. The SMILES string of the molecule is CCCCCCCCCCC(F)CCCCCCCCC. The molecule has 0 spiro atoms. The van der Waals surface area contributed by atoms with Crippen LogP contribution in [0.4, 0.5) is 4.39 Å². The molecule has 0 saturated heterocycles. The van der Waals surface area contributed by atoms with Crippen molar-refractivity contribution < 1.29 is 4.39 Å². The van der Waals surface area contributed by atoms with Gasteiger partial charge in [0.25, 0.3) is 0 Å². The van der Waals surface area contributed by atoms with Crippen LogP contribution in [0.25, 0.3) is 0 Å². The number of unbranched alkanes of at least 4 members (excludes halogenated alkanes) is 13. The van der Waals surface area contributed by atoms with Gasteiger partial charge < -0.3 is 0 Å². The van der Waals surface area contributed by atoms with Gasteiger partial charge in [0.2, 0.25) is 0 Å². The Morgan fingerprint density at radius 3 is 1.10 bits per heavy atom. The molecule has 0 bridgehead atoms. The number of rotatable bonds is 17. The summed E-state index contributed by atoms with van der Waals surface area (Å²) in [7, 11) is 0. The zero-order chi connectivity index (χ0) is 15.6. The van der Waals surface area contributed by atoms with E-state index in [9.17, 15) is 4.39 Å². The van der Waals surface area contributed by atoms with Gasteiger partial charge in [-0.2, -0.15) is 0 Å². The van der Waals surface area contributed by atoms with Gasteiger partial charge in [-0.05, 0) is 12.8 Å². The second kappa shape index (κ2) is 18.0. The first-order valence-corrected chi connectivity index (χ1v) is 9.95. The van der Waals surface area contributed by atoms with Gasteiger partial charge in [0.05, 0.1) is 0 Å². The van der Waals surface area contributed by atoms with Crippen LogP contribution in [-0.4, -0.2) is 6.17 Å². The van der Waals surface area contributed by atoms with Crippen molar-refractivity contribution in [2.45, 2.75) is 129 Å². The number of hydrogen-bond donors (Lipinski definition) is 0. The van der Waals surface area contributed by atoms with Gasteiger partial charge in [-0.1, -0.05) is 110 Å². The van der Waals surface area contributed by atoms with Gasteiger partial charge >= 0.3 is 0 Å². The van der Waals surface area contributed by atoms with Gasteiger partial charge in [-0.25, -0.2) is 4.39 Å². The first-order chi connectivity index (χ1) is 10.3. The number of halogens is 1. The Balaban J connectivity index is 3.11. The van der Waals surface area contributed by atoms with E-state index in [1.54, 1.807) is 0 Å². The topological polar surface area (TPSA) is 0 Å². The van der Waals surface area contributed by atoms with Gasteiger partial charge in [0, 0.05) is 0 Å². The Bertz CT molecular complexity index is 179. The Kier molecular flexibility index (Phi) is 17.9. The molecule has 0 aliphatic heterocycles. The predicted molar refractivity (Wildman–Crippen MR) is 94.7 cm³/mol. The highest BCUT2D eigenvalue weighted by Crippen LogP contribution is 2.16. The largest absolute Gasteiger partial charge is 0.247 e. The fourth-order valence-electron chi connectivity index (χ4n) is 2.97. The molecule has 1 atom stereocenters. The number of hydrogen-bond acceptors (Lipinski definition) is 0. The maximum absolute atomic E-state index is 13.7. The van der Waals surface area contributed by atoms with E-state index in [1.807, 2.05) is 0 Å². The summed E-state index contributed by atoms with van der Waals surface area (Å²) < 4.78 is 13.7. The van der Waals surface area contributed by atoms with Crippen molar-refractivity contribution in [2.75, 3.05) is 0 Å². The first-order valence-electron chi connectivity index (χ1n) is 9.95. The molecule has 128 valence electrons. The lowest BCUT2D eigenvalue weighted by Crippen LogP contribution is -2.00. The molecule has 0 nitrogen and oxygen atoms in total. The molecule has 1 heteroatoms. The average Bonchev–Trinajstić information content (AvgIpc) is 2.49. The van der Waals surface area contributed by atoms with Gasteiger partial charge in [0.1, 0.15) is 6.17 Å². The van der Waals surface area contributed by atoms with E-state index in [0.717, 1.165) is 25.7 Å². The molecule has 0 aromatic rings. The Morgan fingerprint density at radius 2 is 0.762 bits per heavy atom. The third kappa shape index (κ3) is 17.9. The van der Waals surface area contributed by atoms with E-state index in [0.29, 0.717) is 0 Å². The van der Waals surface area contributed by atoms with E-state index in [1.165, 1.54) is 83.5 Å². The molecule has 0 N–H and O–H groups in total. The van der Waals surface area contributed by atoms with Gasteiger partial charge in [0.15, 0.2) is 0 Å². The minimum Gasteiger partial charge on any atom is -0.247 e. The van der Waals surface area contributed by atoms with Crippen molar-refractivity contribution >= 4 is 0 Å². The summed E-state index contributed by atoms with van der Waals surface area (Å²) in [5.41, 5.74) is 0. The lowest BCUT2D eigenvalue weighted by molar-refractivity contribution is 0.279. The van der Waals surface area contributed by atoms with E-state index in [-0.39, 0.29) is 0 Å². The smallest absolute Gasteiger partial charge is 0.100 e. The van der Waals surface area contributed by atoms with Crippen LogP contribution < -0.4 is 0 Å².